The normalized spacial score (nSPS) is 14.0. The molecule has 0 saturated carbocycles. The van der Waals surface area contributed by atoms with Gasteiger partial charge in [-0.05, 0) is 18.2 Å². The second-order valence-electron chi connectivity index (χ2n) is 6.58. The summed E-state index contributed by atoms with van der Waals surface area (Å²) in [6.07, 6.45) is 1.52. The van der Waals surface area contributed by atoms with Crippen LogP contribution >= 0.6 is 0 Å². The Morgan fingerprint density at radius 1 is 1.14 bits per heavy atom. The van der Waals surface area contributed by atoms with Crippen LogP contribution in [0.5, 0.6) is 0 Å². The molecule has 29 heavy (non-hydrogen) atoms. The Bertz CT molecular complexity index is 1070. The summed E-state index contributed by atoms with van der Waals surface area (Å²) in [5.74, 6) is -1.00. The Morgan fingerprint density at radius 2 is 1.90 bits per heavy atom. The fourth-order valence-electron chi connectivity index (χ4n) is 3.12. The fraction of sp³-hybridized carbons (Fsp3) is 0.200. The van der Waals surface area contributed by atoms with Gasteiger partial charge in [0, 0.05) is 30.4 Å². The van der Waals surface area contributed by atoms with Crippen LogP contribution in [0.1, 0.15) is 21.6 Å². The lowest BCUT2D eigenvalue weighted by Crippen LogP contribution is -2.41. The maximum absolute atomic E-state index is 14.6. The molecule has 1 saturated heterocycles. The highest BCUT2D eigenvalue weighted by molar-refractivity contribution is 6.12. The lowest BCUT2D eigenvalue weighted by atomic mass is 10.1. The number of morpholine rings is 1. The zero-order chi connectivity index (χ0) is 20.4. The molecule has 1 amide bonds. The Morgan fingerprint density at radius 3 is 2.62 bits per heavy atom. The highest BCUT2D eigenvalue weighted by Crippen LogP contribution is 2.18. The molecule has 3 N–H and O–H groups in total. The van der Waals surface area contributed by atoms with Gasteiger partial charge < -0.3 is 15.4 Å². The molecule has 0 atom stereocenters. The summed E-state index contributed by atoms with van der Waals surface area (Å²) in [5, 5.41) is 16.3. The zero-order valence-corrected chi connectivity index (χ0v) is 15.5. The summed E-state index contributed by atoms with van der Waals surface area (Å²) in [7, 11) is 0. The number of nitrogens with zero attached hydrogens (tertiary/aromatic N) is 4. The van der Waals surface area contributed by atoms with Crippen LogP contribution in [-0.2, 0) is 4.74 Å². The summed E-state index contributed by atoms with van der Waals surface area (Å²) in [6, 6.07) is 11.2. The van der Waals surface area contributed by atoms with Crippen molar-refractivity contribution in [3.8, 4) is 5.69 Å². The quantitative estimate of drug-likeness (QED) is 0.519. The van der Waals surface area contributed by atoms with Crippen LogP contribution in [0.4, 0.5) is 10.1 Å². The predicted molar refractivity (Wildman–Crippen MR) is 105 cm³/mol. The van der Waals surface area contributed by atoms with Crippen LogP contribution < -0.4 is 5.73 Å². The summed E-state index contributed by atoms with van der Waals surface area (Å²) < 4.78 is 21.2. The van der Waals surface area contributed by atoms with Gasteiger partial charge in [-0.2, -0.15) is 0 Å². The lowest BCUT2D eigenvalue weighted by Gasteiger charge is -2.27. The molecule has 1 fully saturated rings. The molecule has 148 valence electrons. The number of amides is 1. The van der Waals surface area contributed by atoms with E-state index >= 15 is 0 Å². The number of benzene rings is 2. The largest absolute Gasteiger partial charge is 0.398 e. The van der Waals surface area contributed by atoms with E-state index in [1.54, 1.807) is 35.2 Å². The third-order valence-electron chi connectivity index (χ3n) is 4.73. The summed E-state index contributed by atoms with van der Waals surface area (Å²) in [5.41, 5.74) is 7.73. The first-order valence-electron chi connectivity index (χ1n) is 9.07. The van der Waals surface area contributed by atoms with Crippen molar-refractivity contribution in [3.05, 3.63) is 71.3 Å². The van der Waals surface area contributed by atoms with E-state index in [-0.39, 0.29) is 17.2 Å². The molecule has 1 aromatic heterocycles. The number of nitrogen functional groups attached to an aromatic ring is 1. The average Bonchev–Trinajstić information content (AvgIpc) is 3.24. The smallest absolute Gasteiger partial charge is 0.256 e. The topological polar surface area (TPSA) is 110 Å². The lowest BCUT2D eigenvalue weighted by molar-refractivity contribution is 0.0300. The van der Waals surface area contributed by atoms with Gasteiger partial charge in [0.2, 0.25) is 0 Å². The molecule has 2 heterocycles. The minimum Gasteiger partial charge on any atom is -0.398 e. The Balaban J connectivity index is 1.57. The van der Waals surface area contributed by atoms with Gasteiger partial charge in [-0.3, -0.25) is 10.2 Å². The monoisotopic (exact) mass is 394 g/mol. The number of para-hydroxylation sites is 1. The molecule has 8 nitrogen and oxygen atoms in total. The molecule has 1 aliphatic rings. The molecular formula is C20H19FN6O2. The summed E-state index contributed by atoms with van der Waals surface area (Å²) >= 11 is 0. The van der Waals surface area contributed by atoms with Crippen molar-refractivity contribution in [2.24, 2.45) is 0 Å². The highest BCUT2D eigenvalue weighted by Gasteiger charge is 2.22. The van der Waals surface area contributed by atoms with E-state index in [0.717, 1.165) is 0 Å². The van der Waals surface area contributed by atoms with Gasteiger partial charge in [-0.1, -0.05) is 23.4 Å². The summed E-state index contributed by atoms with van der Waals surface area (Å²) in [4.78, 5) is 14.1. The van der Waals surface area contributed by atoms with Crippen LogP contribution in [0.2, 0.25) is 0 Å². The Hall–Kier alpha value is -3.59. The van der Waals surface area contributed by atoms with E-state index in [9.17, 15) is 9.18 Å². The van der Waals surface area contributed by atoms with Crippen LogP contribution in [0, 0.1) is 11.2 Å². The van der Waals surface area contributed by atoms with Gasteiger partial charge in [-0.25, -0.2) is 9.07 Å². The number of carbonyl (C=O) groups is 1. The molecule has 3 aromatic rings. The first kappa shape index (κ1) is 18.8. The van der Waals surface area contributed by atoms with Gasteiger partial charge in [0.15, 0.2) is 0 Å². The number of nitrogens with two attached hydrogens (primary N) is 1. The average molecular weight is 394 g/mol. The van der Waals surface area contributed by atoms with E-state index < -0.39 is 5.82 Å². The number of ether oxygens (including phenoxy) is 1. The highest BCUT2D eigenvalue weighted by atomic mass is 19.1. The van der Waals surface area contributed by atoms with Crippen molar-refractivity contribution in [2.75, 3.05) is 32.0 Å². The second-order valence-corrected chi connectivity index (χ2v) is 6.58. The number of halogens is 1. The molecule has 0 unspecified atom stereocenters. The van der Waals surface area contributed by atoms with Crippen molar-refractivity contribution < 1.29 is 13.9 Å². The third-order valence-corrected chi connectivity index (χ3v) is 4.73. The molecule has 2 aromatic carbocycles. The molecular weight excluding hydrogens is 375 g/mol. The fourth-order valence-corrected chi connectivity index (χ4v) is 3.12. The Labute approximate surface area is 166 Å². The van der Waals surface area contributed by atoms with Crippen LogP contribution in [0.15, 0.2) is 48.7 Å². The van der Waals surface area contributed by atoms with Crippen molar-refractivity contribution in [1.29, 1.82) is 5.41 Å². The summed E-state index contributed by atoms with van der Waals surface area (Å²) in [6.45, 7) is 1.78. The van der Waals surface area contributed by atoms with Gasteiger partial charge >= 0.3 is 0 Å². The van der Waals surface area contributed by atoms with E-state index in [0.29, 0.717) is 48.9 Å². The van der Waals surface area contributed by atoms with Crippen LogP contribution in [0.3, 0.4) is 0 Å². The first-order chi connectivity index (χ1) is 14.0. The third kappa shape index (κ3) is 3.72. The number of hydrogen-bond donors (Lipinski definition) is 2. The minimum absolute atomic E-state index is 0.000732. The van der Waals surface area contributed by atoms with E-state index in [4.69, 9.17) is 15.9 Å². The number of carbonyl (C=O) groups excluding carboxylic acids is 1. The van der Waals surface area contributed by atoms with E-state index in [1.807, 2.05) is 0 Å². The van der Waals surface area contributed by atoms with Gasteiger partial charge in [-0.15, -0.1) is 5.10 Å². The van der Waals surface area contributed by atoms with Crippen molar-refractivity contribution in [2.45, 2.75) is 0 Å². The maximum Gasteiger partial charge on any atom is 0.256 e. The standard InChI is InChI=1S/C20H19FN6O2/c21-16-11-13(5-6-14(16)20(28)26-7-9-29-10-8-26)27-12-18(24-25-27)19(23)15-3-1-2-4-17(15)22/h1-6,11-12,23H,7-10,22H2. The predicted octanol–water partition coefficient (Wildman–Crippen LogP) is 1.88. The molecule has 9 heteroatoms. The molecule has 0 spiro atoms. The van der Waals surface area contributed by atoms with E-state index in [2.05, 4.69) is 10.3 Å². The molecule has 4 rings (SSSR count). The second kappa shape index (κ2) is 7.80. The number of hydrogen-bond acceptors (Lipinski definition) is 6. The van der Waals surface area contributed by atoms with Gasteiger partial charge in [0.25, 0.3) is 5.91 Å². The number of aromatic nitrogens is 3. The maximum atomic E-state index is 14.6. The van der Waals surface area contributed by atoms with Crippen molar-refractivity contribution in [3.63, 3.8) is 0 Å². The number of rotatable bonds is 4. The zero-order valence-electron chi connectivity index (χ0n) is 15.5. The Kier molecular flexibility index (Phi) is 5.05. The number of anilines is 1. The van der Waals surface area contributed by atoms with E-state index in [1.165, 1.54) is 23.0 Å². The van der Waals surface area contributed by atoms with Crippen molar-refractivity contribution >= 4 is 17.3 Å². The molecule has 0 aliphatic carbocycles. The first-order valence-corrected chi connectivity index (χ1v) is 9.07. The van der Waals surface area contributed by atoms with Gasteiger partial charge in [0.1, 0.15) is 11.5 Å². The van der Waals surface area contributed by atoms with Crippen molar-refractivity contribution in [1.82, 2.24) is 19.9 Å². The van der Waals surface area contributed by atoms with Gasteiger partial charge in [0.05, 0.1) is 36.4 Å². The van der Waals surface area contributed by atoms with Crippen LogP contribution in [0.25, 0.3) is 5.69 Å². The molecule has 1 aliphatic heterocycles. The molecule has 0 radical (unpaired) electrons. The van der Waals surface area contributed by atoms with Crippen LogP contribution in [-0.4, -0.2) is 57.8 Å². The minimum atomic E-state index is -0.640. The SMILES string of the molecule is N=C(c1cn(-c2ccc(C(=O)N3CCOCC3)c(F)c2)nn1)c1ccccc1N. The molecule has 0 bridgehead atoms. The number of nitrogens with one attached hydrogen (secondary N) is 1.